The highest BCUT2D eigenvalue weighted by Gasteiger charge is 2.37. The van der Waals surface area contributed by atoms with Crippen molar-refractivity contribution >= 4 is 5.97 Å². The molecule has 0 saturated heterocycles. The third-order valence-corrected chi connectivity index (χ3v) is 4.59. The van der Waals surface area contributed by atoms with Gasteiger partial charge in [-0.2, -0.15) is 0 Å². The summed E-state index contributed by atoms with van der Waals surface area (Å²) in [5.41, 5.74) is 0.686. The van der Waals surface area contributed by atoms with Crippen LogP contribution in [0.4, 0.5) is 0 Å². The van der Waals surface area contributed by atoms with Crippen molar-refractivity contribution in [2.45, 2.75) is 64.7 Å². The Bertz CT molecular complexity index is 231. The molecule has 0 aromatic heterocycles. The van der Waals surface area contributed by atoms with E-state index in [1.807, 2.05) is 6.92 Å². The first-order chi connectivity index (χ1) is 7.74. The van der Waals surface area contributed by atoms with E-state index in [4.69, 9.17) is 4.74 Å². The van der Waals surface area contributed by atoms with Gasteiger partial charge in [-0.25, -0.2) is 0 Å². The van der Waals surface area contributed by atoms with E-state index in [1.165, 1.54) is 51.4 Å². The van der Waals surface area contributed by atoms with Crippen molar-refractivity contribution in [3.05, 3.63) is 0 Å². The highest BCUT2D eigenvalue weighted by molar-refractivity contribution is 5.69. The highest BCUT2D eigenvalue weighted by Crippen LogP contribution is 2.50. The van der Waals surface area contributed by atoms with Crippen LogP contribution in [0.5, 0.6) is 0 Å². The van der Waals surface area contributed by atoms with Crippen LogP contribution in [0.2, 0.25) is 0 Å². The average molecular weight is 224 g/mol. The van der Waals surface area contributed by atoms with Gasteiger partial charge in [-0.1, -0.05) is 12.8 Å². The Hall–Kier alpha value is -0.530. The van der Waals surface area contributed by atoms with Crippen LogP contribution in [-0.2, 0) is 9.53 Å². The molecule has 2 aliphatic rings. The van der Waals surface area contributed by atoms with Crippen LogP contribution in [0, 0.1) is 11.3 Å². The Morgan fingerprint density at radius 1 is 1.19 bits per heavy atom. The zero-order valence-electron chi connectivity index (χ0n) is 10.5. The standard InChI is InChI=1S/C14H24O2/c1-2-16-13(15)11-12-5-9-14(10-6-12)7-3-4-8-14/h12H,2-11H2,1H3. The molecule has 1 spiro atoms. The summed E-state index contributed by atoms with van der Waals surface area (Å²) in [7, 11) is 0. The highest BCUT2D eigenvalue weighted by atomic mass is 16.5. The van der Waals surface area contributed by atoms with E-state index >= 15 is 0 Å². The van der Waals surface area contributed by atoms with Crippen LogP contribution in [0.25, 0.3) is 0 Å². The molecule has 0 bridgehead atoms. The van der Waals surface area contributed by atoms with Gasteiger partial charge in [0.25, 0.3) is 0 Å². The molecule has 2 fully saturated rings. The van der Waals surface area contributed by atoms with Gasteiger partial charge in [0.2, 0.25) is 0 Å². The fourth-order valence-electron chi connectivity index (χ4n) is 3.57. The molecule has 92 valence electrons. The number of carbonyl (C=O) groups is 1. The van der Waals surface area contributed by atoms with Gasteiger partial charge >= 0.3 is 5.97 Å². The van der Waals surface area contributed by atoms with Crippen LogP contribution in [0.15, 0.2) is 0 Å². The molecule has 2 aliphatic carbocycles. The van der Waals surface area contributed by atoms with Crippen LogP contribution in [0.1, 0.15) is 64.7 Å². The summed E-state index contributed by atoms with van der Waals surface area (Å²) in [4.78, 5) is 11.4. The first-order valence-electron chi connectivity index (χ1n) is 6.90. The van der Waals surface area contributed by atoms with Gasteiger partial charge in [-0.15, -0.1) is 0 Å². The van der Waals surface area contributed by atoms with Gasteiger partial charge < -0.3 is 4.74 Å². The third kappa shape index (κ3) is 2.78. The predicted octanol–water partition coefficient (Wildman–Crippen LogP) is 3.69. The summed E-state index contributed by atoms with van der Waals surface area (Å²) in [6, 6.07) is 0. The van der Waals surface area contributed by atoms with Gasteiger partial charge in [0.15, 0.2) is 0 Å². The summed E-state index contributed by atoms with van der Waals surface area (Å²) in [6.07, 6.45) is 11.6. The first kappa shape index (κ1) is 11.9. The van der Waals surface area contributed by atoms with Gasteiger partial charge in [0.05, 0.1) is 6.61 Å². The lowest BCUT2D eigenvalue weighted by molar-refractivity contribution is -0.144. The molecule has 2 rings (SSSR count). The molecule has 0 radical (unpaired) electrons. The lowest BCUT2D eigenvalue weighted by Gasteiger charge is -2.37. The molecule has 2 saturated carbocycles. The predicted molar refractivity (Wildman–Crippen MR) is 64.1 cm³/mol. The average Bonchev–Trinajstić information content (AvgIpc) is 2.71. The van der Waals surface area contributed by atoms with Crippen LogP contribution >= 0.6 is 0 Å². The van der Waals surface area contributed by atoms with E-state index < -0.39 is 0 Å². The molecule has 0 aliphatic heterocycles. The summed E-state index contributed by atoms with van der Waals surface area (Å²) in [5, 5.41) is 0. The molecule has 2 nitrogen and oxygen atoms in total. The Morgan fingerprint density at radius 3 is 2.38 bits per heavy atom. The van der Waals surface area contributed by atoms with Crippen molar-refractivity contribution in [2.75, 3.05) is 6.61 Å². The molecule has 0 unspecified atom stereocenters. The fraction of sp³-hybridized carbons (Fsp3) is 0.929. The van der Waals surface area contributed by atoms with Crippen molar-refractivity contribution in [1.29, 1.82) is 0 Å². The second-order valence-corrected chi connectivity index (χ2v) is 5.66. The number of carbonyl (C=O) groups excluding carboxylic acids is 1. The van der Waals surface area contributed by atoms with Crippen LogP contribution in [0.3, 0.4) is 0 Å². The lowest BCUT2D eigenvalue weighted by Crippen LogP contribution is -2.26. The molecule has 2 heteroatoms. The Labute approximate surface area is 98.7 Å². The van der Waals surface area contributed by atoms with Crippen LogP contribution < -0.4 is 0 Å². The summed E-state index contributed by atoms with van der Waals surface area (Å²) in [5.74, 6) is 0.611. The molecule has 16 heavy (non-hydrogen) atoms. The maximum atomic E-state index is 11.4. The monoisotopic (exact) mass is 224 g/mol. The lowest BCUT2D eigenvalue weighted by atomic mass is 9.69. The molecule has 0 amide bonds. The van der Waals surface area contributed by atoms with E-state index in [2.05, 4.69) is 0 Å². The second-order valence-electron chi connectivity index (χ2n) is 5.66. The molecule has 0 N–H and O–H groups in total. The number of esters is 1. The number of hydrogen-bond donors (Lipinski definition) is 0. The SMILES string of the molecule is CCOC(=O)CC1CCC2(CCCC2)CC1. The van der Waals surface area contributed by atoms with E-state index in [0.717, 1.165) is 0 Å². The molecular weight excluding hydrogens is 200 g/mol. The van der Waals surface area contributed by atoms with E-state index in [9.17, 15) is 4.79 Å². The molecule has 0 aromatic rings. The van der Waals surface area contributed by atoms with Gasteiger partial charge in [0.1, 0.15) is 0 Å². The van der Waals surface area contributed by atoms with Crippen molar-refractivity contribution < 1.29 is 9.53 Å². The van der Waals surface area contributed by atoms with E-state index in [0.29, 0.717) is 24.4 Å². The number of rotatable bonds is 3. The van der Waals surface area contributed by atoms with Crippen molar-refractivity contribution in [1.82, 2.24) is 0 Å². The normalized spacial score (nSPS) is 24.8. The fourth-order valence-corrected chi connectivity index (χ4v) is 3.57. The molecule has 0 atom stereocenters. The van der Waals surface area contributed by atoms with Crippen molar-refractivity contribution in [3.8, 4) is 0 Å². The Balaban J connectivity index is 1.74. The largest absolute Gasteiger partial charge is 0.466 e. The van der Waals surface area contributed by atoms with Crippen molar-refractivity contribution in [2.24, 2.45) is 11.3 Å². The van der Waals surface area contributed by atoms with E-state index in [1.54, 1.807) is 0 Å². The van der Waals surface area contributed by atoms with Crippen molar-refractivity contribution in [3.63, 3.8) is 0 Å². The maximum absolute atomic E-state index is 11.4. The smallest absolute Gasteiger partial charge is 0.306 e. The third-order valence-electron chi connectivity index (χ3n) is 4.59. The molecular formula is C14H24O2. The minimum absolute atomic E-state index is 0.00914. The first-order valence-corrected chi connectivity index (χ1v) is 6.90. The minimum atomic E-state index is 0.00914. The summed E-state index contributed by atoms with van der Waals surface area (Å²) in [6.45, 7) is 2.40. The molecule has 0 heterocycles. The minimum Gasteiger partial charge on any atom is -0.466 e. The number of ether oxygens (including phenoxy) is 1. The van der Waals surface area contributed by atoms with E-state index in [-0.39, 0.29) is 5.97 Å². The van der Waals surface area contributed by atoms with Gasteiger partial charge in [-0.3, -0.25) is 4.79 Å². The Morgan fingerprint density at radius 2 is 1.81 bits per heavy atom. The zero-order valence-corrected chi connectivity index (χ0v) is 10.5. The summed E-state index contributed by atoms with van der Waals surface area (Å²) >= 11 is 0. The number of hydrogen-bond acceptors (Lipinski definition) is 2. The molecule has 0 aromatic carbocycles. The topological polar surface area (TPSA) is 26.3 Å². The van der Waals surface area contributed by atoms with Gasteiger partial charge in [-0.05, 0) is 56.8 Å². The summed E-state index contributed by atoms with van der Waals surface area (Å²) < 4.78 is 5.02. The maximum Gasteiger partial charge on any atom is 0.306 e. The quantitative estimate of drug-likeness (QED) is 0.683. The van der Waals surface area contributed by atoms with Crippen LogP contribution in [-0.4, -0.2) is 12.6 Å². The second kappa shape index (κ2) is 5.20. The van der Waals surface area contributed by atoms with Gasteiger partial charge in [0, 0.05) is 6.42 Å². The Kier molecular flexibility index (Phi) is 3.88. The zero-order chi connectivity index (χ0) is 11.4.